The third-order valence-corrected chi connectivity index (χ3v) is 2.26. The van der Waals surface area contributed by atoms with E-state index in [4.69, 9.17) is 15.3 Å². The van der Waals surface area contributed by atoms with Crippen molar-refractivity contribution in [2.24, 2.45) is 0 Å². The number of carbonyl (C=O) groups excluding carboxylic acids is 1. The van der Waals surface area contributed by atoms with Gasteiger partial charge in [0.1, 0.15) is 12.1 Å². The topological polar surface area (TPSA) is 153 Å². The molecular formula is C10H16N2O7. The van der Waals surface area contributed by atoms with Crippen molar-refractivity contribution in [3.63, 3.8) is 0 Å². The molecule has 0 bridgehead atoms. The highest BCUT2D eigenvalue weighted by Crippen LogP contribution is 1.99. The van der Waals surface area contributed by atoms with Crippen LogP contribution in [0.5, 0.6) is 0 Å². The smallest absolute Gasteiger partial charge is 0.326 e. The first-order valence-corrected chi connectivity index (χ1v) is 5.52. The summed E-state index contributed by atoms with van der Waals surface area (Å²) < 4.78 is 0. The van der Waals surface area contributed by atoms with E-state index in [1.165, 1.54) is 6.92 Å². The van der Waals surface area contributed by atoms with E-state index in [2.05, 4.69) is 5.32 Å². The minimum absolute atomic E-state index is 0.135. The summed E-state index contributed by atoms with van der Waals surface area (Å²) >= 11 is 0. The number of urea groups is 1. The van der Waals surface area contributed by atoms with Gasteiger partial charge in [0.15, 0.2) is 0 Å². The minimum Gasteiger partial charge on any atom is -0.481 e. The van der Waals surface area contributed by atoms with E-state index < -0.39 is 42.4 Å². The number of carboxylic acids is 3. The van der Waals surface area contributed by atoms with Crippen LogP contribution in [-0.4, -0.2) is 51.3 Å². The van der Waals surface area contributed by atoms with Crippen molar-refractivity contribution in [2.75, 3.05) is 0 Å². The molecule has 0 aliphatic carbocycles. The maximum absolute atomic E-state index is 11.4. The Kier molecular flexibility index (Phi) is 6.94. The molecule has 2 amide bonds. The molecule has 0 unspecified atom stereocenters. The molecule has 0 spiro atoms. The van der Waals surface area contributed by atoms with E-state index >= 15 is 0 Å². The van der Waals surface area contributed by atoms with Crippen molar-refractivity contribution < 1.29 is 34.5 Å². The second kappa shape index (κ2) is 7.90. The molecule has 0 aromatic rings. The van der Waals surface area contributed by atoms with Crippen molar-refractivity contribution in [3.05, 3.63) is 0 Å². The Hall–Kier alpha value is -2.32. The molecule has 0 fully saturated rings. The maximum atomic E-state index is 11.4. The van der Waals surface area contributed by atoms with Gasteiger partial charge in [-0.05, 0) is 12.8 Å². The summed E-state index contributed by atoms with van der Waals surface area (Å²) in [6.07, 6.45) is -0.578. The fourth-order valence-electron chi connectivity index (χ4n) is 1.22. The lowest BCUT2D eigenvalue weighted by atomic mass is 10.1. The van der Waals surface area contributed by atoms with Crippen LogP contribution in [0, 0.1) is 0 Å². The maximum Gasteiger partial charge on any atom is 0.326 e. The molecule has 0 saturated carbocycles. The lowest BCUT2D eigenvalue weighted by molar-refractivity contribution is -0.140. The highest BCUT2D eigenvalue weighted by molar-refractivity contribution is 5.86. The van der Waals surface area contributed by atoms with Crippen molar-refractivity contribution in [1.29, 1.82) is 0 Å². The number of hydrogen-bond acceptors (Lipinski definition) is 4. The predicted octanol–water partition coefficient (Wildman–Crippen LogP) is -0.533. The number of hydrogen-bond donors (Lipinski definition) is 5. The van der Waals surface area contributed by atoms with Gasteiger partial charge in [0.25, 0.3) is 0 Å². The molecule has 0 saturated heterocycles. The molecule has 108 valence electrons. The highest BCUT2D eigenvalue weighted by Gasteiger charge is 2.23. The zero-order valence-corrected chi connectivity index (χ0v) is 10.3. The number of amides is 2. The summed E-state index contributed by atoms with van der Waals surface area (Å²) in [6, 6.07) is -3.48. The van der Waals surface area contributed by atoms with Crippen LogP contribution in [0.15, 0.2) is 0 Å². The molecular weight excluding hydrogens is 260 g/mol. The van der Waals surface area contributed by atoms with Gasteiger partial charge in [-0.1, -0.05) is 6.92 Å². The number of nitrogens with one attached hydrogen (secondary N) is 2. The van der Waals surface area contributed by atoms with Crippen LogP contribution in [0.3, 0.4) is 0 Å². The Labute approximate surface area is 108 Å². The SMILES string of the molecule is CC[C@H](NC(=O)N[C@@H](CCC(=O)O)C(=O)O)C(=O)O. The van der Waals surface area contributed by atoms with Gasteiger partial charge in [-0.2, -0.15) is 0 Å². The molecule has 0 aliphatic heterocycles. The van der Waals surface area contributed by atoms with E-state index in [0.29, 0.717) is 0 Å². The summed E-state index contributed by atoms with van der Waals surface area (Å²) in [5.74, 6) is -3.82. The zero-order valence-electron chi connectivity index (χ0n) is 10.3. The lowest BCUT2D eigenvalue weighted by Gasteiger charge is -2.17. The molecule has 0 aliphatic rings. The number of carbonyl (C=O) groups is 4. The van der Waals surface area contributed by atoms with Gasteiger partial charge < -0.3 is 26.0 Å². The van der Waals surface area contributed by atoms with Crippen LogP contribution in [0.25, 0.3) is 0 Å². The molecule has 0 rings (SSSR count). The molecule has 19 heavy (non-hydrogen) atoms. The van der Waals surface area contributed by atoms with E-state index in [9.17, 15) is 19.2 Å². The molecule has 0 aromatic carbocycles. The van der Waals surface area contributed by atoms with Crippen molar-refractivity contribution in [1.82, 2.24) is 10.6 Å². The zero-order chi connectivity index (χ0) is 15.0. The van der Waals surface area contributed by atoms with Crippen LogP contribution in [0.2, 0.25) is 0 Å². The first kappa shape index (κ1) is 16.7. The largest absolute Gasteiger partial charge is 0.481 e. The van der Waals surface area contributed by atoms with Gasteiger partial charge in [0.2, 0.25) is 0 Å². The van der Waals surface area contributed by atoms with E-state index in [1.807, 2.05) is 5.32 Å². The van der Waals surface area contributed by atoms with Crippen molar-refractivity contribution in [3.8, 4) is 0 Å². The second-order valence-electron chi connectivity index (χ2n) is 3.74. The van der Waals surface area contributed by atoms with E-state index in [0.717, 1.165) is 0 Å². The predicted molar refractivity (Wildman–Crippen MR) is 61.7 cm³/mol. The average molecular weight is 276 g/mol. The standard InChI is InChI=1S/C10H16N2O7/c1-2-5(8(15)16)11-10(19)12-6(9(17)18)3-4-7(13)14/h5-6H,2-4H2,1H3,(H,13,14)(H,15,16)(H,17,18)(H2,11,12,19)/t5-,6-/m0/s1. The molecule has 5 N–H and O–H groups in total. The quantitative estimate of drug-likeness (QED) is 0.399. The van der Waals surface area contributed by atoms with Crippen molar-refractivity contribution in [2.45, 2.75) is 38.3 Å². The van der Waals surface area contributed by atoms with E-state index in [-0.39, 0.29) is 12.8 Å². The fraction of sp³-hybridized carbons (Fsp3) is 0.600. The Morgan fingerprint density at radius 2 is 1.42 bits per heavy atom. The lowest BCUT2D eigenvalue weighted by Crippen LogP contribution is -2.51. The number of carboxylic acid groups (broad SMARTS) is 3. The molecule has 2 atom stereocenters. The Morgan fingerprint density at radius 3 is 1.79 bits per heavy atom. The summed E-state index contributed by atoms with van der Waals surface area (Å²) in [6.45, 7) is 1.54. The summed E-state index contributed by atoms with van der Waals surface area (Å²) in [5.41, 5.74) is 0. The van der Waals surface area contributed by atoms with Gasteiger partial charge in [0.05, 0.1) is 0 Å². The van der Waals surface area contributed by atoms with Crippen LogP contribution in [-0.2, 0) is 14.4 Å². The molecule has 0 heterocycles. The van der Waals surface area contributed by atoms with Crippen LogP contribution >= 0.6 is 0 Å². The second-order valence-corrected chi connectivity index (χ2v) is 3.74. The third kappa shape index (κ3) is 6.86. The van der Waals surface area contributed by atoms with Gasteiger partial charge in [0, 0.05) is 6.42 Å². The van der Waals surface area contributed by atoms with Crippen LogP contribution in [0.4, 0.5) is 4.79 Å². The monoisotopic (exact) mass is 276 g/mol. The fourth-order valence-corrected chi connectivity index (χ4v) is 1.22. The Morgan fingerprint density at radius 1 is 0.947 bits per heavy atom. The van der Waals surface area contributed by atoms with E-state index in [1.54, 1.807) is 0 Å². The normalized spacial score (nSPS) is 13.1. The molecule has 0 aromatic heterocycles. The Bertz CT molecular complexity index is 369. The van der Waals surface area contributed by atoms with Crippen LogP contribution < -0.4 is 10.6 Å². The minimum atomic E-state index is -1.39. The molecule has 0 radical (unpaired) electrons. The average Bonchev–Trinajstić information content (AvgIpc) is 2.30. The Balaban J connectivity index is 4.42. The first-order chi connectivity index (χ1) is 8.77. The van der Waals surface area contributed by atoms with Gasteiger partial charge in [-0.3, -0.25) is 4.79 Å². The van der Waals surface area contributed by atoms with Gasteiger partial charge in [-0.25, -0.2) is 14.4 Å². The highest BCUT2D eigenvalue weighted by atomic mass is 16.4. The van der Waals surface area contributed by atoms with Crippen molar-refractivity contribution >= 4 is 23.9 Å². The summed E-state index contributed by atoms with van der Waals surface area (Å²) in [5, 5.41) is 30.0. The summed E-state index contributed by atoms with van der Waals surface area (Å²) in [7, 11) is 0. The molecule has 9 heteroatoms. The first-order valence-electron chi connectivity index (χ1n) is 5.52. The number of aliphatic carboxylic acids is 3. The number of rotatable bonds is 8. The summed E-state index contributed by atoms with van der Waals surface area (Å²) in [4.78, 5) is 43.2. The van der Waals surface area contributed by atoms with Gasteiger partial charge >= 0.3 is 23.9 Å². The molecule has 9 nitrogen and oxygen atoms in total. The van der Waals surface area contributed by atoms with Gasteiger partial charge in [-0.15, -0.1) is 0 Å². The van der Waals surface area contributed by atoms with Crippen LogP contribution in [0.1, 0.15) is 26.2 Å². The third-order valence-electron chi connectivity index (χ3n) is 2.26.